The first-order chi connectivity index (χ1) is 4.75. The molecule has 0 radical (unpaired) electrons. The Morgan fingerprint density at radius 3 is 2.82 bits per heavy atom. The van der Waals surface area contributed by atoms with E-state index in [0.29, 0.717) is 5.56 Å². The van der Waals surface area contributed by atoms with Crippen molar-refractivity contribution < 1.29 is 9.32 Å². The second-order valence-electron chi connectivity index (χ2n) is 1.81. The molecule has 3 N–H and O–H groups in total. The average Bonchev–Trinajstić information content (AvgIpc) is 2.34. The van der Waals surface area contributed by atoms with Crippen LogP contribution in [-0.2, 0) is 0 Å². The molecule has 0 bridgehead atoms. The quantitative estimate of drug-likeness (QED) is 0.360. The third kappa shape index (κ3) is 1.92. The van der Waals surface area contributed by atoms with Gasteiger partial charge in [0, 0.05) is 5.56 Å². The number of hydrogen-bond acceptors (Lipinski definition) is 4. The maximum atomic E-state index is 10.7. The van der Waals surface area contributed by atoms with E-state index in [9.17, 15) is 4.79 Å². The average molecular weight is 178 g/mol. The van der Waals surface area contributed by atoms with Crippen molar-refractivity contribution in [2.24, 2.45) is 5.84 Å². The Morgan fingerprint density at radius 1 is 1.82 bits per heavy atom. The van der Waals surface area contributed by atoms with Gasteiger partial charge in [0.25, 0.3) is 0 Å². The number of nitrogens with zero attached hydrogens (tertiary/aromatic N) is 1. The van der Waals surface area contributed by atoms with Crippen LogP contribution in [0.15, 0.2) is 10.7 Å². The summed E-state index contributed by atoms with van der Waals surface area (Å²) in [4.78, 5) is 10.7. The van der Waals surface area contributed by atoms with Crippen LogP contribution in [0.5, 0.6) is 0 Å². The van der Waals surface area contributed by atoms with E-state index in [2.05, 4.69) is 9.68 Å². The van der Waals surface area contributed by atoms with Gasteiger partial charge in [-0.2, -0.15) is 0 Å². The van der Waals surface area contributed by atoms with E-state index < -0.39 is 5.91 Å². The number of aryl methyl sites for hydroxylation is 1. The summed E-state index contributed by atoms with van der Waals surface area (Å²) in [5.41, 5.74) is 2.60. The summed E-state index contributed by atoms with van der Waals surface area (Å²) in [6.45, 7) is 1.71. The van der Waals surface area contributed by atoms with Gasteiger partial charge in [0.2, 0.25) is 5.76 Å². The van der Waals surface area contributed by atoms with E-state index in [0.717, 1.165) is 0 Å². The second-order valence-corrected chi connectivity index (χ2v) is 1.81. The number of nitrogens with two attached hydrogens (primary N) is 1. The van der Waals surface area contributed by atoms with E-state index in [-0.39, 0.29) is 18.2 Å². The Kier molecular flexibility index (Phi) is 3.56. The minimum Gasteiger partial charge on any atom is -0.351 e. The maximum absolute atomic E-state index is 10.7. The first-order valence-electron chi connectivity index (χ1n) is 2.68. The Balaban J connectivity index is 0.000001000. The van der Waals surface area contributed by atoms with Crippen molar-refractivity contribution in [1.82, 2.24) is 10.6 Å². The number of nitrogens with one attached hydrogen (secondary N) is 1. The monoisotopic (exact) mass is 177 g/mol. The molecule has 0 saturated carbocycles. The van der Waals surface area contributed by atoms with Crippen molar-refractivity contribution in [2.45, 2.75) is 6.92 Å². The standard InChI is InChI=1S/C5H7N3O2.ClH/c1-3-2-7-10-4(3)5(9)8-6;/h2H,6H2,1H3,(H,8,9);1H. The van der Waals surface area contributed by atoms with Crippen LogP contribution in [0, 0.1) is 6.92 Å². The van der Waals surface area contributed by atoms with Crippen molar-refractivity contribution in [3.63, 3.8) is 0 Å². The fraction of sp³-hybridized carbons (Fsp3) is 0.200. The largest absolute Gasteiger partial charge is 0.351 e. The number of halogens is 1. The predicted molar refractivity (Wildman–Crippen MR) is 40.1 cm³/mol. The van der Waals surface area contributed by atoms with Crippen molar-refractivity contribution in [3.8, 4) is 0 Å². The summed E-state index contributed by atoms with van der Waals surface area (Å²) in [6.07, 6.45) is 1.45. The van der Waals surface area contributed by atoms with Crippen LogP contribution in [0.1, 0.15) is 16.1 Å². The van der Waals surface area contributed by atoms with Crippen LogP contribution in [0.25, 0.3) is 0 Å². The van der Waals surface area contributed by atoms with Crippen LogP contribution >= 0.6 is 12.4 Å². The van der Waals surface area contributed by atoms with Gasteiger partial charge >= 0.3 is 5.91 Å². The third-order valence-corrected chi connectivity index (χ3v) is 1.09. The van der Waals surface area contributed by atoms with Gasteiger partial charge in [-0.05, 0) is 6.92 Å². The SMILES string of the molecule is Cc1cnoc1C(=O)NN.Cl. The van der Waals surface area contributed by atoms with Gasteiger partial charge in [0.05, 0.1) is 6.20 Å². The maximum Gasteiger partial charge on any atom is 0.304 e. The molecule has 0 aliphatic carbocycles. The Hall–Kier alpha value is -1.07. The highest BCUT2D eigenvalue weighted by atomic mass is 35.5. The summed E-state index contributed by atoms with van der Waals surface area (Å²) in [5.74, 6) is 4.54. The first kappa shape index (κ1) is 9.93. The highest BCUT2D eigenvalue weighted by molar-refractivity contribution is 5.92. The molecule has 6 heteroatoms. The van der Waals surface area contributed by atoms with Crippen LogP contribution in [0.4, 0.5) is 0 Å². The molecule has 0 aliphatic rings. The van der Waals surface area contributed by atoms with E-state index in [1.54, 1.807) is 6.92 Å². The molecule has 0 aliphatic heterocycles. The lowest BCUT2D eigenvalue weighted by Crippen LogP contribution is -2.30. The molecule has 11 heavy (non-hydrogen) atoms. The minimum atomic E-state index is -0.463. The summed E-state index contributed by atoms with van der Waals surface area (Å²) in [6, 6.07) is 0. The van der Waals surface area contributed by atoms with Crippen LogP contribution in [-0.4, -0.2) is 11.1 Å². The van der Waals surface area contributed by atoms with Crippen LogP contribution in [0.2, 0.25) is 0 Å². The number of hydrogen-bond donors (Lipinski definition) is 2. The smallest absolute Gasteiger partial charge is 0.304 e. The second kappa shape index (κ2) is 3.95. The number of carbonyl (C=O) groups is 1. The van der Waals surface area contributed by atoms with Crippen LogP contribution in [0.3, 0.4) is 0 Å². The molecule has 5 nitrogen and oxygen atoms in total. The number of amides is 1. The lowest BCUT2D eigenvalue weighted by atomic mass is 10.3. The zero-order valence-corrected chi connectivity index (χ0v) is 6.64. The fourth-order valence-electron chi connectivity index (χ4n) is 0.575. The lowest BCUT2D eigenvalue weighted by molar-refractivity contribution is 0.0916. The van der Waals surface area contributed by atoms with E-state index >= 15 is 0 Å². The Bertz CT molecular complexity index is 248. The van der Waals surface area contributed by atoms with Gasteiger partial charge in [0.15, 0.2) is 0 Å². The highest BCUT2D eigenvalue weighted by Gasteiger charge is 2.11. The molecule has 1 heterocycles. The molecule has 1 amide bonds. The number of hydrazine groups is 1. The molecule has 0 unspecified atom stereocenters. The van der Waals surface area contributed by atoms with Gasteiger partial charge in [-0.3, -0.25) is 10.2 Å². The number of rotatable bonds is 1. The molecule has 1 aromatic heterocycles. The summed E-state index contributed by atoms with van der Waals surface area (Å²) >= 11 is 0. The fourth-order valence-corrected chi connectivity index (χ4v) is 0.575. The van der Waals surface area contributed by atoms with Gasteiger partial charge < -0.3 is 4.52 Å². The van der Waals surface area contributed by atoms with E-state index in [1.165, 1.54) is 6.20 Å². The molecular formula is C5H8ClN3O2. The Morgan fingerprint density at radius 2 is 2.45 bits per heavy atom. The van der Waals surface area contributed by atoms with Gasteiger partial charge in [-0.15, -0.1) is 12.4 Å². The summed E-state index contributed by atoms with van der Waals surface area (Å²) in [5, 5.41) is 3.40. The van der Waals surface area contributed by atoms with E-state index in [4.69, 9.17) is 5.84 Å². The molecule has 0 aromatic carbocycles. The number of carbonyl (C=O) groups excluding carboxylic acids is 1. The molecule has 1 rings (SSSR count). The molecule has 1 aromatic rings. The summed E-state index contributed by atoms with van der Waals surface area (Å²) < 4.78 is 4.57. The van der Waals surface area contributed by atoms with Crippen molar-refractivity contribution in [2.75, 3.05) is 0 Å². The van der Waals surface area contributed by atoms with Gasteiger partial charge in [-0.1, -0.05) is 5.16 Å². The molecule has 0 atom stereocenters. The topological polar surface area (TPSA) is 81.2 Å². The normalized spacial score (nSPS) is 8.55. The molecule has 0 spiro atoms. The number of aromatic nitrogens is 1. The molecule has 0 saturated heterocycles. The molecular weight excluding hydrogens is 170 g/mol. The van der Waals surface area contributed by atoms with E-state index in [1.807, 2.05) is 5.43 Å². The third-order valence-electron chi connectivity index (χ3n) is 1.09. The predicted octanol–water partition coefficient (Wildman–Crippen LogP) is 0.00832. The minimum absolute atomic E-state index is 0. The lowest BCUT2D eigenvalue weighted by Gasteiger charge is -1.91. The first-order valence-corrected chi connectivity index (χ1v) is 2.68. The number of nitrogen functional groups attached to an aromatic ring is 1. The Labute approximate surface area is 69.3 Å². The van der Waals surface area contributed by atoms with Gasteiger partial charge in [0.1, 0.15) is 0 Å². The summed E-state index contributed by atoms with van der Waals surface area (Å²) in [7, 11) is 0. The van der Waals surface area contributed by atoms with Crippen molar-refractivity contribution in [3.05, 3.63) is 17.5 Å². The zero-order chi connectivity index (χ0) is 7.56. The highest BCUT2D eigenvalue weighted by Crippen LogP contribution is 2.03. The molecule has 0 fully saturated rings. The van der Waals surface area contributed by atoms with Crippen molar-refractivity contribution >= 4 is 18.3 Å². The van der Waals surface area contributed by atoms with Crippen molar-refractivity contribution in [1.29, 1.82) is 0 Å². The van der Waals surface area contributed by atoms with Crippen LogP contribution < -0.4 is 11.3 Å². The van der Waals surface area contributed by atoms with Gasteiger partial charge in [-0.25, -0.2) is 5.84 Å². The zero-order valence-electron chi connectivity index (χ0n) is 5.83. The molecule has 62 valence electrons.